The Balaban J connectivity index is 3.33. The smallest absolute Gasteiger partial charge is 0.268 e. The van der Waals surface area contributed by atoms with Gasteiger partial charge in [0.25, 0.3) is 5.56 Å². The van der Waals surface area contributed by atoms with E-state index in [2.05, 4.69) is 9.97 Å². The lowest BCUT2D eigenvalue weighted by atomic mass is 10.1. The Bertz CT molecular complexity index is 400. The van der Waals surface area contributed by atoms with Gasteiger partial charge in [-0.25, -0.2) is 0 Å². The lowest BCUT2D eigenvalue weighted by Gasteiger charge is -2.21. The van der Waals surface area contributed by atoms with Gasteiger partial charge in [0.05, 0.1) is 0 Å². The lowest BCUT2D eigenvalue weighted by molar-refractivity contribution is 0.0107. The first kappa shape index (κ1) is 11.4. The maximum atomic E-state index is 11.3. The van der Waals surface area contributed by atoms with Crippen molar-refractivity contribution in [3.05, 3.63) is 19.7 Å². The average Bonchev–Trinajstić information content (AvgIpc) is 2.13. The summed E-state index contributed by atoms with van der Waals surface area (Å²) in [6.45, 7) is 3.50. The summed E-state index contributed by atoms with van der Waals surface area (Å²) < 4.78 is 5.31. The molecule has 0 bridgehead atoms. The first-order valence-electron chi connectivity index (χ1n) is 3.93. The molecule has 1 aromatic rings. The number of aromatic hydroxyl groups is 1. The third-order valence-corrected chi connectivity index (χ3v) is 2.90. The molecule has 1 aromatic heterocycles. The molecule has 2 N–H and O–H groups in total. The Hall–Kier alpha value is -0.630. The van der Waals surface area contributed by atoms with Crippen molar-refractivity contribution < 1.29 is 9.84 Å². The lowest BCUT2D eigenvalue weighted by Crippen LogP contribution is -2.27. The van der Waals surface area contributed by atoms with Crippen LogP contribution in [0.3, 0.4) is 0 Å². The number of nitrogens with zero attached hydrogens (tertiary/aromatic N) is 1. The van der Waals surface area contributed by atoms with Gasteiger partial charge in [0, 0.05) is 7.11 Å². The Morgan fingerprint density at radius 3 is 2.57 bits per heavy atom. The first-order valence-corrected chi connectivity index (χ1v) is 5.01. The molecule has 1 heterocycles. The molecule has 0 fully saturated rings. The van der Waals surface area contributed by atoms with Gasteiger partial charge >= 0.3 is 0 Å². The zero-order valence-corrected chi connectivity index (χ0v) is 10.2. The van der Waals surface area contributed by atoms with Crippen LogP contribution in [-0.4, -0.2) is 22.2 Å². The highest BCUT2D eigenvalue weighted by atomic mass is 127. The summed E-state index contributed by atoms with van der Waals surface area (Å²) in [5, 5.41) is 9.35. The van der Waals surface area contributed by atoms with Crippen LogP contribution in [0.2, 0.25) is 0 Å². The minimum absolute atomic E-state index is 0.179. The molecule has 0 aliphatic heterocycles. The second-order valence-corrected chi connectivity index (χ2v) is 4.35. The van der Waals surface area contributed by atoms with Crippen molar-refractivity contribution in [1.82, 2.24) is 9.97 Å². The van der Waals surface area contributed by atoms with Crippen LogP contribution in [0.5, 0.6) is 5.88 Å². The van der Waals surface area contributed by atoms with Crippen LogP contribution in [0, 0.1) is 3.57 Å². The summed E-state index contributed by atoms with van der Waals surface area (Å²) in [7, 11) is 1.51. The van der Waals surface area contributed by atoms with Gasteiger partial charge in [-0.05, 0) is 36.4 Å². The van der Waals surface area contributed by atoms with Crippen molar-refractivity contribution in [2.24, 2.45) is 0 Å². The van der Waals surface area contributed by atoms with Crippen LogP contribution < -0.4 is 5.56 Å². The minimum atomic E-state index is -0.721. The van der Waals surface area contributed by atoms with Gasteiger partial charge < -0.3 is 14.8 Å². The van der Waals surface area contributed by atoms with Crippen LogP contribution in [0.4, 0.5) is 0 Å². The molecule has 0 aliphatic rings. The molecule has 6 heteroatoms. The first-order chi connectivity index (χ1) is 6.38. The van der Waals surface area contributed by atoms with Crippen LogP contribution in [0.15, 0.2) is 4.79 Å². The van der Waals surface area contributed by atoms with Gasteiger partial charge in [-0.3, -0.25) is 4.79 Å². The molecule has 0 radical (unpaired) electrons. The molecular weight excluding hydrogens is 299 g/mol. The third-order valence-electron chi connectivity index (χ3n) is 1.93. The molecule has 0 aliphatic carbocycles. The molecule has 0 atom stereocenters. The molecule has 0 amide bonds. The van der Waals surface area contributed by atoms with Gasteiger partial charge in [0.15, 0.2) is 0 Å². The van der Waals surface area contributed by atoms with E-state index in [0.29, 0.717) is 5.82 Å². The summed E-state index contributed by atoms with van der Waals surface area (Å²) in [6, 6.07) is 0. The number of aromatic nitrogens is 2. The Kier molecular flexibility index (Phi) is 3.15. The fourth-order valence-electron chi connectivity index (χ4n) is 0.829. The average molecular weight is 310 g/mol. The summed E-state index contributed by atoms with van der Waals surface area (Å²) in [4.78, 5) is 17.7. The summed E-state index contributed by atoms with van der Waals surface area (Å²) in [5.41, 5.74) is -1.08. The van der Waals surface area contributed by atoms with Gasteiger partial charge in [-0.15, -0.1) is 0 Å². The van der Waals surface area contributed by atoms with Gasteiger partial charge in [-0.1, -0.05) is 0 Å². The molecule has 0 saturated carbocycles. The Labute approximate surface area is 94.7 Å². The van der Waals surface area contributed by atoms with E-state index in [0.717, 1.165) is 0 Å². The SMILES string of the molecule is COC(C)(C)c1nc(O)c(I)c(=O)[nH]1. The third kappa shape index (κ3) is 2.06. The summed E-state index contributed by atoms with van der Waals surface area (Å²) >= 11 is 1.73. The van der Waals surface area contributed by atoms with Gasteiger partial charge in [0.2, 0.25) is 5.88 Å². The number of rotatable bonds is 2. The van der Waals surface area contributed by atoms with Crippen molar-refractivity contribution in [1.29, 1.82) is 0 Å². The zero-order chi connectivity index (χ0) is 10.9. The number of H-pyrrole nitrogens is 1. The van der Waals surface area contributed by atoms with E-state index < -0.39 is 5.60 Å². The van der Waals surface area contributed by atoms with Crippen LogP contribution in [-0.2, 0) is 10.3 Å². The van der Waals surface area contributed by atoms with E-state index in [-0.39, 0.29) is 15.0 Å². The number of hydrogen-bond donors (Lipinski definition) is 2. The number of methoxy groups -OCH3 is 1. The molecule has 5 nitrogen and oxygen atoms in total. The van der Waals surface area contributed by atoms with Gasteiger partial charge in [0.1, 0.15) is 15.0 Å². The van der Waals surface area contributed by atoms with Crippen molar-refractivity contribution in [3.63, 3.8) is 0 Å². The number of halogens is 1. The number of nitrogens with one attached hydrogen (secondary N) is 1. The van der Waals surface area contributed by atoms with E-state index in [1.807, 2.05) is 0 Å². The topological polar surface area (TPSA) is 75.2 Å². The highest BCUT2D eigenvalue weighted by molar-refractivity contribution is 14.1. The van der Waals surface area contributed by atoms with Crippen molar-refractivity contribution in [2.75, 3.05) is 7.11 Å². The number of aromatic amines is 1. The van der Waals surface area contributed by atoms with Crippen LogP contribution in [0.1, 0.15) is 19.7 Å². The van der Waals surface area contributed by atoms with E-state index in [1.165, 1.54) is 7.11 Å². The van der Waals surface area contributed by atoms with E-state index >= 15 is 0 Å². The van der Waals surface area contributed by atoms with Crippen molar-refractivity contribution in [2.45, 2.75) is 19.4 Å². The Morgan fingerprint density at radius 2 is 2.14 bits per heavy atom. The van der Waals surface area contributed by atoms with E-state index in [1.54, 1.807) is 36.4 Å². The van der Waals surface area contributed by atoms with E-state index in [9.17, 15) is 9.90 Å². The van der Waals surface area contributed by atoms with Crippen molar-refractivity contribution >= 4 is 22.6 Å². The molecule has 0 spiro atoms. The maximum absolute atomic E-state index is 11.3. The molecular formula is C8H11IN2O3. The van der Waals surface area contributed by atoms with Gasteiger partial charge in [-0.2, -0.15) is 4.98 Å². The van der Waals surface area contributed by atoms with Crippen LogP contribution in [0.25, 0.3) is 0 Å². The normalized spacial score (nSPS) is 11.7. The maximum Gasteiger partial charge on any atom is 0.268 e. The number of hydrogen-bond acceptors (Lipinski definition) is 4. The predicted molar refractivity (Wildman–Crippen MR) is 59.3 cm³/mol. The molecule has 14 heavy (non-hydrogen) atoms. The quantitative estimate of drug-likeness (QED) is 0.798. The Morgan fingerprint density at radius 1 is 1.57 bits per heavy atom. The summed E-state index contributed by atoms with van der Waals surface area (Å²) in [6.07, 6.45) is 0. The highest BCUT2D eigenvalue weighted by Gasteiger charge is 2.24. The second kappa shape index (κ2) is 3.85. The fourth-order valence-corrected chi connectivity index (χ4v) is 1.08. The molecule has 0 unspecified atom stereocenters. The molecule has 78 valence electrons. The largest absolute Gasteiger partial charge is 0.492 e. The minimum Gasteiger partial charge on any atom is -0.492 e. The predicted octanol–water partition coefficient (Wildman–Crippen LogP) is 0.962. The monoisotopic (exact) mass is 310 g/mol. The number of ether oxygens (including phenoxy) is 1. The molecule has 0 aromatic carbocycles. The van der Waals surface area contributed by atoms with E-state index in [4.69, 9.17) is 4.74 Å². The standard InChI is InChI=1S/C8H11IN2O3/c1-8(2,14-3)7-10-5(12)4(9)6(13)11-7/h1-3H3,(H2,10,11,12,13). The summed E-state index contributed by atoms with van der Waals surface area (Å²) in [5.74, 6) is 0.0393. The highest BCUT2D eigenvalue weighted by Crippen LogP contribution is 2.21. The fraction of sp³-hybridized carbons (Fsp3) is 0.500. The van der Waals surface area contributed by atoms with Crippen molar-refractivity contribution in [3.8, 4) is 5.88 Å². The zero-order valence-electron chi connectivity index (χ0n) is 8.09. The molecule has 1 rings (SSSR count). The molecule has 0 saturated heterocycles. The van der Waals surface area contributed by atoms with Crippen LogP contribution >= 0.6 is 22.6 Å². The second-order valence-electron chi connectivity index (χ2n) is 3.27.